The minimum Gasteiger partial charge on any atom is -0.285 e. The third-order valence-corrected chi connectivity index (χ3v) is 4.35. The van der Waals surface area contributed by atoms with E-state index in [1.807, 2.05) is 61.5 Å². The summed E-state index contributed by atoms with van der Waals surface area (Å²) in [5.74, 6) is 0. The van der Waals surface area contributed by atoms with Crippen molar-refractivity contribution in [2.45, 2.75) is 46.3 Å². The van der Waals surface area contributed by atoms with E-state index in [1.54, 1.807) is 12.1 Å². The number of allylic oxidation sites excluding steroid dienone is 3. The van der Waals surface area contributed by atoms with E-state index >= 15 is 0 Å². The van der Waals surface area contributed by atoms with Crippen molar-refractivity contribution in [3.63, 3.8) is 0 Å². The van der Waals surface area contributed by atoms with Crippen LogP contribution in [0.25, 0.3) is 0 Å². The molecule has 0 radical (unpaired) electrons. The standard InChI is InChI=1S/C23H29N3O2/c1-19(2)11-10-12-20(3)17-23(24-18-21-13-6-4-7-14-21)25(26(27)28)22-15-8-5-9-16-22/h4-9,11,13-17,23-24H,10,12,18H2,1-3H3/b20-17+. The largest absolute Gasteiger partial charge is 0.285 e. The summed E-state index contributed by atoms with van der Waals surface area (Å²) >= 11 is 0. The van der Waals surface area contributed by atoms with Crippen LogP contribution in [0.15, 0.2) is 84.0 Å². The maximum Gasteiger partial charge on any atom is 0.167 e. The van der Waals surface area contributed by atoms with Crippen molar-refractivity contribution in [1.82, 2.24) is 5.32 Å². The van der Waals surface area contributed by atoms with Crippen molar-refractivity contribution in [2.75, 3.05) is 5.01 Å². The summed E-state index contributed by atoms with van der Waals surface area (Å²) in [6.07, 6.45) is 5.39. The molecule has 0 saturated carbocycles. The van der Waals surface area contributed by atoms with Gasteiger partial charge >= 0.3 is 0 Å². The maximum absolute atomic E-state index is 11.9. The molecule has 0 heterocycles. The van der Waals surface area contributed by atoms with Crippen LogP contribution in [-0.4, -0.2) is 11.2 Å². The van der Waals surface area contributed by atoms with Crippen LogP contribution >= 0.6 is 0 Å². The second-order valence-corrected chi connectivity index (χ2v) is 7.06. The SMILES string of the molecule is CC(C)=CCC/C(C)=C/C(NCc1ccccc1)N(c1ccccc1)[N+](=O)[O-]. The van der Waals surface area contributed by atoms with Crippen LogP contribution in [0.3, 0.4) is 0 Å². The highest BCUT2D eigenvalue weighted by atomic mass is 16.7. The van der Waals surface area contributed by atoms with Crippen molar-refractivity contribution in [1.29, 1.82) is 0 Å². The van der Waals surface area contributed by atoms with Gasteiger partial charge in [-0.3, -0.25) is 5.32 Å². The molecule has 1 atom stereocenters. The van der Waals surface area contributed by atoms with E-state index < -0.39 is 6.17 Å². The normalized spacial score (nSPS) is 12.3. The molecular weight excluding hydrogens is 350 g/mol. The minimum atomic E-state index is -0.552. The number of nitrogens with zero attached hydrogens (tertiary/aromatic N) is 2. The molecule has 0 saturated heterocycles. The summed E-state index contributed by atoms with van der Waals surface area (Å²) in [5.41, 5.74) is 4.03. The highest BCUT2D eigenvalue weighted by Gasteiger charge is 2.26. The lowest BCUT2D eigenvalue weighted by Crippen LogP contribution is -2.47. The lowest BCUT2D eigenvalue weighted by Gasteiger charge is -2.24. The molecule has 0 aliphatic rings. The van der Waals surface area contributed by atoms with Crippen molar-refractivity contribution in [3.8, 4) is 0 Å². The van der Waals surface area contributed by atoms with E-state index in [0.717, 1.165) is 24.0 Å². The zero-order valence-corrected chi connectivity index (χ0v) is 16.8. The first-order chi connectivity index (χ1) is 13.5. The van der Waals surface area contributed by atoms with Crippen molar-refractivity contribution < 1.29 is 5.03 Å². The number of benzene rings is 2. The molecule has 2 aromatic carbocycles. The van der Waals surface area contributed by atoms with Crippen LogP contribution in [0.2, 0.25) is 0 Å². The molecule has 28 heavy (non-hydrogen) atoms. The predicted octanol–water partition coefficient (Wildman–Crippen LogP) is 5.49. The van der Waals surface area contributed by atoms with Gasteiger partial charge in [0.2, 0.25) is 0 Å². The fourth-order valence-corrected chi connectivity index (χ4v) is 2.91. The van der Waals surface area contributed by atoms with E-state index in [1.165, 1.54) is 10.6 Å². The molecule has 1 unspecified atom stereocenters. The molecule has 5 heteroatoms. The molecule has 148 valence electrons. The van der Waals surface area contributed by atoms with Gasteiger partial charge in [0.15, 0.2) is 11.2 Å². The summed E-state index contributed by atoms with van der Waals surface area (Å²) in [4.78, 5) is 11.9. The van der Waals surface area contributed by atoms with Crippen LogP contribution < -0.4 is 10.3 Å². The Hall–Kier alpha value is -2.92. The molecule has 0 amide bonds. The Kier molecular flexibility index (Phi) is 8.43. The van der Waals surface area contributed by atoms with E-state index in [-0.39, 0.29) is 5.03 Å². The first kappa shape index (κ1) is 21.4. The van der Waals surface area contributed by atoms with Gasteiger partial charge in [0, 0.05) is 6.54 Å². The van der Waals surface area contributed by atoms with Gasteiger partial charge < -0.3 is 0 Å². The van der Waals surface area contributed by atoms with Gasteiger partial charge in [0.25, 0.3) is 0 Å². The molecule has 0 bridgehead atoms. The van der Waals surface area contributed by atoms with Crippen molar-refractivity contribution in [3.05, 3.63) is 99.6 Å². The molecule has 1 N–H and O–H groups in total. The van der Waals surface area contributed by atoms with Gasteiger partial charge in [0.1, 0.15) is 5.69 Å². The smallest absolute Gasteiger partial charge is 0.167 e. The van der Waals surface area contributed by atoms with Gasteiger partial charge in [0.05, 0.1) is 0 Å². The van der Waals surface area contributed by atoms with Crippen LogP contribution in [-0.2, 0) is 6.54 Å². The second-order valence-electron chi connectivity index (χ2n) is 7.06. The summed E-state index contributed by atoms with van der Waals surface area (Å²) in [7, 11) is 0. The van der Waals surface area contributed by atoms with Gasteiger partial charge in [-0.25, -0.2) is 10.1 Å². The zero-order chi connectivity index (χ0) is 20.4. The Morgan fingerprint density at radius 1 is 1.07 bits per heavy atom. The minimum absolute atomic E-state index is 0.349. The number of nitro groups is 1. The van der Waals surface area contributed by atoms with E-state index in [0.29, 0.717) is 12.2 Å². The average Bonchev–Trinajstić information content (AvgIpc) is 2.67. The predicted molar refractivity (Wildman–Crippen MR) is 115 cm³/mol. The van der Waals surface area contributed by atoms with Gasteiger partial charge in [-0.1, -0.05) is 70.8 Å². The topological polar surface area (TPSA) is 58.4 Å². The van der Waals surface area contributed by atoms with Crippen LogP contribution in [0.4, 0.5) is 5.69 Å². The van der Waals surface area contributed by atoms with Crippen molar-refractivity contribution in [2.24, 2.45) is 0 Å². The van der Waals surface area contributed by atoms with E-state index in [9.17, 15) is 10.1 Å². The molecule has 2 aromatic rings. The van der Waals surface area contributed by atoms with Crippen molar-refractivity contribution >= 4 is 5.69 Å². The van der Waals surface area contributed by atoms with Gasteiger partial charge in [-0.2, -0.15) is 0 Å². The summed E-state index contributed by atoms with van der Waals surface area (Å²) in [6, 6.07) is 18.9. The molecular formula is C23H29N3O2. The monoisotopic (exact) mass is 379 g/mol. The van der Waals surface area contributed by atoms with Crippen LogP contribution in [0.1, 0.15) is 39.2 Å². The molecule has 0 aliphatic heterocycles. The fourth-order valence-electron chi connectivity index (χ4n) is 2.91. The average molecular weight is 380 g/mol. The first-order valence-corrected chi connectivity index (χ1v) is 9.54. The summed E-state index contributed by atoms with van der Waals surface area (Å²) in [5, 5.41) is 16.1. The summed E-state index contributed by atoms with van der Waals surface area (Å²) < 4.78 is 0. The molecule has 0 aromatic heterocycles. The molecule has 2 rings (SSSR count). The first-order valence-electron chi connectivity index (χ1n) is 9.54. The Labute approximate surface area is 167 Å². The molecule has 0 aliphatic carbocycles. The highest BCUT2D eigenvalue weighted by Crippen LogP contribution is 2.19. The number of rotatable bonds is 10. The Morgan fingerprint density at radius 2 is 1.68 bits per heavy atom. The quantitative estimate of drug-likeness (QED) is 0.256. The number of hydrogen-bond donors (Lipinski definition) is 1. The fraction of sp³-hybridized carbons (Fsp3) is 0.304. The molecule has 5 nitrogen and oxygen atoms in total. The van der Waals surface area contributed by atoms with E-state index in [2.05, 4.69) is 25.2 Å². The van der Waals surface area contributed by atoms with Gasteiger partial charge in [-0.05, 0) is 57.4 Å². The van der Waals surface area contributed by atoms with Gasteiger partial charge in [-0.15, -0.1) is 0 Å². The highest BCUT2D eigenvalue weighted by molar-refractivity contribution is 5.45. The lowest BCUT2D eigenvalue weighted by atomic mass is 10.1. The lowest BCUT2D eigenvalue weighted by molar-refractivity contribution is -0.499. The molecule has 0 fully saturated rings. The number of hydrogen-bond acceptors (Lipinski definition) is 3. The third-order valence-electron chi connectivity index (χ3n) is 4.35. The number of nitrogens with one attached hydrogen (secondary N) is 1. The zero-order valence-electron chi connectivity index (χ0n) is 16.8. The summed E-state index contributed by atoms with van der Waals surface area (Å²) in [6.45, 7) is 6.72. The third kappa shape index (κ3) is 7.00. The Morgan fingerprint density at radius 3 is 2.25 bits per heavy atom. The second kappa shape index (κ2) is 11.0. The van der Waals surface area contributed by atoms with Crippen LogP contribution in [0.5, 0.6) is 0 Å². The van der Waals surface area contributed by atoms with E-state index in [4.69, 9.17) is 0 Å². The maximum atomic E-state index is 11.9. The number of anilines is 1. The Balaban J connectivity index is 2.25. The molecule has 0 spiro atoms. The number of para-hydroxylation sites is 1. The number of hydrazine groups is 1. The Bertz CT molecular complexity index is 797. The van der Waals surface area contributed by atoms with Crippen LogP contribution in [0, 0.1) is 10.1 Å².